The summed E-state index contributed by atoms with van der Waals surface area (Å²) >= 11 is 1.13. The van der Waals surface area contributed by atoms with Crippen LogP contribution in [0.25, 0.3) is 11.3 Å². The molecule has 8 heteroatoms. The molecule has 0 aromatic carbocycles. The van der Waals surface area contributed by atoms with E-state index in [1.165, 1.54) is 6.07 Å². The van der Waals surface area contributed by atoms with Crippen molar-refractivity contribution in [2.24, 2.45) is 0 Å². The van der Waals surface area contributed by atoms with Crippen molar-refractivity contribution >= 4 is 21.4 Å². The van der Waals surface area contributed by atoms with E-state index in [1.54, 1.807) is 17.5 Å². The predicted molar refractivity (Wildman–Crippen MR) is 78.2 cm³/mol. The third-order valence-electron chi connectivity index (χ3n) is 2.78. The van der Waals surface area contributed by atoms with E-state index in [-0.39, 0.29) is 15.8 Å². The number of sulfonamides is 1. The van der Waals surface area contributed by atoms with Crippen molar-refractivity contribution in [1.82, 2.24) is 14.9 Å². The monoisotopic (exact) mass is 313 g/mol. The average molecular weight is 313 g/mol. The second kappa shape index (κ2) is 5.86. The molecule has 2 aromatic heterocycles. The molecule has 0 amide bonds. The molecule has 0 aliphatic heterocycles. The Bertz CT molecular complexity index is 729. The maximum absolute atomic E-state index is 12.1. The first-order chi connectivity index (χ1) is 9.42. The van der Waals surface area contributed by atoms with E-state index in [2.05, 4.69) is 14.9 Å². The molecule has 0 radical (unpaired) electrons. The molecule has 0 saturated heterocycles. The minimum atomic E-state index is -3.50. The second-order valence-corrected chi connectivity index (χ2v) is 7.24. The van der Waals surface area contributed by atoms with Crippen molar-refractivity contribution in [1.29, 1.82) is 0 Å². The van der Waals surface area contributed by atoms with Crippen LogP contribution in [0.4, 0.5) is 0 Å². The summed E-state index contributed by atoms with van der Waals surface area (Å²) in [6.45, 7) is 3.73. The molecule has 2 aromatic rings. The maximum atomic E-state index is 12.1. The highest BCUT2D eigenvalue weighted by molar-refractivity contribution is 7.91. The van der Waals surface area contributed by atoms with Gasteiger partial charge in [0.1, 0.15) is 4.21 Å². The smallest absolute Gasteiger partial charge is 0.264 e. The van der Waals surface area contributed by atoms with Crippen LogP contribution in [-0.4, -0.2) is 24.7 Å². The fourth-order valence-electron chi connectivity index (χ4n) is 1.50. The fraction of sp³-hybridized carbons (Fsp3) is 0.333. The van der Waals surface area contributed by atoms with E-state index < -0.39 is 10.0 Å². The van der Waals surface area contributed by atoms with E-state index in [4.69, 9.17) is 0 Å². The predicted octanol–water partition coefficient (Wildman–Crippen LogP) is 1.58. The van der Waals surface area contributed by atoms with Crippen LogP contribution in [0.3, 0.4) is 0 Å². The van der Waals surface area contributed by atoms with E-state index in [0.717, 1.165) is 17.8 Å². The molecule has 0 aliphatic rings. The van der Waals surface area contributed by atoms with Gasteiger partial charge in [0.15, 0.2) is 0 Å². The first kappa shape index (κ1) is 14.9. The van der Waals surface area contributed by atoms with Crippen LogP contribution in [0.5, 0.6) is 0 Å². The zero-order valence-electron chi connectivity index (χ0n) is 11.1. The topological polar surface area (TPSA) is 91.9 Å². The maximum Gasteiger partial charge on any atom is 0.264 e. The van der Waals surface area contributed by atoms with E-state index >= 15 is 0 Å². The van der Waals surface area contributed by atoms with E-state index in [1.807, 2.05) is 13.8 Å². The normalized spacial score (nSPS) is 13.3. The summed E-state index contributed by atoms with van der Waals surface area (Å²) in [7, 11) is -3.50. The highest BCUT2D eigenvalue weighted by Crippen LogP contribution is 2.26. The Morgan fingerprint density at radius 2 is 2.20 bits per heavy atom. The quantitative estimate of drug-likeness (QED) is 0.876. The Labute approximate surface area is 120 Å². The first-order valence-electron chi connectivity index (χ1n) is 6.09. The summed E-state index contributed by atoms with van der Waals surface area (Å²) in [5.41, 5.74) is 0.900. The number of nitrogens with one attached hydrogen (secondary N) is 2. The van der Waals surface area contributed by atoms with Crippen molar-refractivity contribution in [3.8, 4) is 11.3 Å². The largest absolute Gasteiger partial charge is 0.268 e. The molecule has 2 rings (SSSR count). The number of hydrogen-bond donors (Lipinski definition) is 2. The lowest BCUT2D eigenvalue weighted by molar-refractivity contribution is 0.558. The summed E-state index contributed by atoms with van der Waals surface area (Å²) in [5.74, 6) is 0. The Morgan fingerprint density at radius 3 is 2.80 bits per heavy atom. The molecule has 108 valence electrons. The zero-order chi connectivity index (χ0) is 14.8. The van der Waals surface area contributed by atoms with Gasteiger partial charge in [-0.2, -0.15) is 5.10 Å². The van der Waals surface area contributed by atoms with Gasteiger partial charge < -0.3 is 0 Å². The zero-order valence-corrected chi connectivity index (χ0v) is 12.7. The standard InChI is InChI=1S/C12H15N3O3S2/c1-3-8(2)15-20(17,18)12-6-9(7-19-12)10-4-5-11(16)14-13-10/h4-8,15H,3H2,1-2H3,(H,14,16)/t8-/m0/s1. The van der Waals surface area contributed by atoms with Gasteiger partial charge >= 0.3 is 0 Å². The molecule has 2 N–H and O–H groups in total. The minimum Gasteiger partial charge on any atom is -0.268 e. The van der Waals surface area contributed by atoms with Gasteiger partial charge in [-0.15, -0.1) is 11.3 Å². The minimum absolute atomic E-state index is 0.114. The molecule has 0 bridgehead atoms. The lowest BCUT2D eigenvalue weighted by atomic mass is 10.2. The van der Waals surface area contributed by atoms with Crippen molar-refractivity contribution in [2.75, 3.05) is 0 Å². The molecule has 1 atom stereocenters. The summed E-state index contributed by atoms with van der Waals surface area (Å²) in [4.78, 5) is 11.0. The summed E-state index contributed by atoms with van der Waals surface area (Å²) in [6, 6.07) is 4.35. The van der Waals surface area contributed by atoms with Gasteiger partial charge in [-0.3, -0.25) is 4.79 Å². The molecule has 6 nitrogen and oxygen atoms in total. The van der Waals surface area contributed by atoms with Crippen LogP contribution in [0.15, 0.2) is 32.6 Å². The van der Waals surface area contributed by atoms with Crippen LogP contribution in [0.2, 0.25) is 0 Å². The number of aromatic amines is 1. The van der Waals surface area contributed by atoms with Crippen molar-refractivity contribution < 1.29 is 8.42 Å². The highest BCUT2D eigenvalue weighted by atomic mass is 32.2. The highest BCUT2D eigenvalue weighted by Gasteiger charge is 2.19. The Morgan fingerprint density at radius 1 is 1.45 bits per heavy atom. The second-order valence-electron chi connectivity index (χ2n) is 4.39. The summed E-state index contributed by atoms with van der Waals surface area (Å²) in [5, 5.41) is 7.90. The Hall–Kier alpha value is -1.51. The van der Waals surface area contributed by atoms with Gasteiger partial charge in [0.25, 0.3) is 5.56 Å². The summed E-state index contributed by atoms with van der Waals surface area (Å²) < 4.78 is 27.1. The molecule has 0 saturated carbocycles. The first-order valence-corrected chi connectivity index (χ1v) is 8.45. The van der Waals surface area contributed by atoms with Gasteiger partial charge in [-0.05, 0) is 25.5 Å². The van der Waals surface area contributed by atoms with Crippen LogP contribution < -0.4 is 10.3 Å². The third-order valence-corrected chi connectivity index (χ3v) is 5.81. The molecule has 20 heavy (non-hydrogen) atoms. The molecule has 0 aliphatic carbocycles. The number of rotatable bonds is 5. The van der Waals surface area contributed by atoms with Crippen molar-refractivity contribution in [2.45, 2.75) is 30.5 Å². The molecule has 0 spiro atoms. The van der Waals surface area contributed by atoms with Gasteiger partial charge in [-0.25, -0.2) is 18.2 Å². The average Bonchev–Trinajstić information content (AvgIpc) is 2.89. The van der Waals surface area contributed by atoms with Crippen LogP contribution in [-0.2, 0) is 10.0 Å². The van der Waals surface area contributed by atoms with Crippen LogP contribution >= 0.6 is 11.3 Å². The number of nitrogens with zero attached hydrogens (tertiary/aromatic N) is 1. The van der Waals surface area contributed by atoms with Crippen molar-refractivity contribution in [3.63, 3.8) is 0 Å². The lowest BCUT2D eigenvalue weighted by Crippen LogP contribution is -2.31. The van der Waals surface area contributed by atoms with Gasteiger partial charge in [0, 0.05) is 23.1 Å². The van der Waals surface area contributed by atoms with Crippen LogP contribution in [0, 0.1) is 0 Å². The van der Waals surface area contributed by atoms with E-state index in [0.29, 0.717) is 11.3 Å². The van der Waals surface area contributed by atoms with Gasteiger partial charge in [0.2, 0.25) is 10.0 Å². The van der Waals surface area contributed by atoms with Crippen molar-refractivity contribution in [3.05, 3.63) is 33.9 Å². The fourth-order valence-corrected chi connectivity index (χ4v) is 4.02. The number of aromatic nitrogens is 2. The van der Waals surface area contributed by atoms with Gasteiger partial charge in [-0.1, -0.05) is 6.92 Å². The van der Waals surface area contributed by atoms with Gasteiger partial charge in [0.05, 0.1) is 5.69 Å². The van der Waals surface area contributed by atoms with E-state index in [9.17, 15) is 13.2 Å². The number of thiophene rings is 1. The SMILES string of the molecule is CC[C@H](C)NS(=O)(=O)c1cc(-c2ccc(=O)[nH]n2)cs1. The third kappa shape index (κ3) is 3.33. The molecular weight excluding hydrogens is 298 g/mol. The molecule has 2 heterocycles. The lowest BCUT2D eigenvalue weighted by Gasteiger charge is -2.10. The number of H-pyrrole nitrogens is 1. The molecule has 0 unspecified atom stereocenters. The van der Waals surface area contributed by atoms with Crippen LogP contribution in [0.1, 0.15) is 20.3 Å². The molecule has 0 fully saturated rings. The molecular formula is C12H15N3O3S2. The number of hydrogen-bond acceptors (Lipinski definition) is 5. The Balaban J connectivity index is 2.29. The summed E-state index contributed by atoms with van der Waals surface area (Å²) in [6.07, 6.45) is 0.721. The Kier molecular flexibility index (Phi) is 4.36.